The third-order valence-electron chi connectivity index (χ3n) is 9.11. The fraction of sp³-hybridized carbons (Fsp3) is 0.923. The fourth-order valence-corrected chi connectivity index (χ4v) is 6.61. The van der Waals surface area contributed by atoms with Gasteiger partial charge in [-0.15, -0.1) is 0 Å². The maximum Gasteiger partial charge on any atom is 0.472 e. The lowest BCUT2D eigenvalue weighted by Crippen LogP contribution is -2.34. The molecule has 0 aliphatic carbocycles. The summed E-state index contributed by atoms with van der Waals surface area (Å²) >= 11 is 0. The van der Waals surface area contributed by atoms with Crippen LogP contribution in [0.2, 0.25) is 0 Å². The van der Waals surface area contributed by atoms with Crippen LogP contribution in [0.15, 0.2) is 0 Å². The SMILES string of the molecule is CCCCCCCCCCCCCCCCC(=O)O[C@H](COC(=O)CCCCCCCCCCCCCCC)COP(=O)(O)OC[C@H](N)C(=O)O. The summed E-state index contributed by atoms with van der Waals surface area (Å²) in [4.78, 5) is 45.8. The van der Waals surface area contributed by atoms with Crippen LogP contribution in [0.3, 0.4) is 0 Å². The zero-order valence-electron chi connectivity index (χ0n) is 32.5. The van der Waals surface area contributed by atoms with Crippen molar-refractivity contribution in [2.24, 2.45) is 5.73 Å². The number of phosphoric ester groups is 1. The van der Waals surface area contributed by atoms with E-state index in [4.69, 9.17) is 24.8 Å². The molecule has 0 aliphatic rings. The van der Waals surface area contributed by atoms with Crippen LogP contribution >= 0.6 is 7.82 Å². The number of rotatable bonds is 39. The minimum atomic E-state index is -4.70. The summed E-state index contributed by atoms with van der Waals surface area (Å²) in [6, 6.07) is -1.51. The summed E-state index contributed by atoms with van der Waals surface area (Å²) in [5.41, 5.74) is 5.32. The number of esters is 2. The lowest BCUT2D eigenvalue weighted by Gasteiger charge is -2.20. The Bertz CT molecular complexity index is 890. The van der Waals surface area contributed by atoms with Gasteiger partial charge in [0, 0.05) is 12.8 Å². The van der Waals surface area contributed by atoms with Gasteiger partial charge in [0.15, 0.2) is 6.10 Å². The molecule has 0 radical (unpaired) electrons. The van der Waals surface area contributed by atoms with Crippen molar-refractivity contribution >= 4 is 25.7 Å². The lowest BCUT2D eigenvalue weighted by atomic mass is 10.0. The Morgan fingerprint density at radius 3 is 1.24 bits per heavy atom. The van der Waals surface area contributed by atoms with Crippen molar-refractivity contribution in [3.8, 4) is 0 Å². The maximum absolute atomic E-state index is 12.6. The molecule has 302 valence electrons. The van der Waals surface area contributed by atoms with Crippen LogP contribution in [0.25, 0.3) is 0 Å². The maximum atomic E-state index is 12.6. The van der Waals surface area contributed by atoms with Crippen LogP contribution in [0, 0.1) is 0 Å². The first-order valence-electron chi connectivity index (χ1n) is 20.6. The molecule has 0 aromatic heterocycles. The number of carboxylic acid groups (broad SMARTS) is 1. The molecule has 0 spiro atoms. The number of hydrogen-bond acceptors (Lipinski definition) is 9. The molecule has 11 nitrogen and oxygen atoms in total. The van der Waals surface area contributed by atoms with Crippen molar-refractivity contribution in [2.45, 2.75) is 212 Å². The largest absolute Gasteiger partial charge is 0.480 e. The fourth-order valence-electron chi connectivity index (χ4n) is 5.83. The first-order valence-corrected chi connectivity index (χ1v) is 22.1. The molecule has 12 heteroatoms. The topological polar surface area (TPSA) is 172 Å². The van der Waals surface area contributed by atoms with Gasteiger partial charge in [-0.1, -0.05) is 174 Å². The number of carbonyl (C=O) groups is 3. The molecular weight excluding hydrogens is 673 g/mol. The van der Waals surface area contributed by atoms with Gasteiger partial charge in [0.2, 0.25) is 0 Å². The highest BCUT2D eigenvalue weighted by Crippen LogP contribution is 2.43. The van der Waals surface area contributed by atoms with E-state index >= 15 is 0 Å². The van der Waals surface area contributed by atoms with Gasteiger partial charge in [-0.3, -0.25) is 23.4 Å². The molecule has 0 bridgehead atoms. The van der Waals surface area contributed by atoms with E-state index < -0.39 is 51.1 Å². The number of aliphatic carboxylic acids is 1. The van der Waals surface area contributed by atoms with Crippen molar-refractivity contribution in [1.82, 2.24) is 0 Å². The van der Waals surface area contributed by atoms with Crippen molar-refractivity contribution in [3.05, 3.63) is 0 Å². The number of carbonyl (C=O) groups excluding carboxylic acids is 2. The summed E-state index contributed by atoms with van der Waals surface area (Å²) in [6.45, 7) is 2.81. The Labute approximate surface area is 310 Å². The van der Waals surface area contributed by atoms with Crippen molar-refractivity contribution in [3.63, 3.8) is 0 Å². The number of carboxylic acids is 1. The second kappa shape index (κ2) is 35.5. The summed E-state index contributed by atoms with van der Waals surface area (Å²) in [5, 5.41) is 8.87. The van der Waals surface area contributed by atoms with Crippen LogP contribution < -0.4 is 5.73 Å². The van der Waals surface area contributed by atoms with Gasteiger partial charge in [0.1, 0.15) is 12.6 Å². The van der Waals surface area contributed by atoms with Gasteiger partial charge in [0.25, 0.3) is 0 Å². The number of ether oxygens (including phenoxy) is 2. The van der Waals surface area contributed by atoms with Gasteiger partial charge in [-0.05, 0) is 12.8 Å². The van der Waals surface area contributed by atoms with Gasteiger partial charge in [-0.2, -0.15) is 0 Å². The molecule has 0 aromatic carbocycles. The number of nitrogens with two attached hydrogens (primary N) is 1. The second-order valence-corrected chi connectivity index (χ2v) is 15.6. The van der Waals surface area contributed by atoms with Crippen LogP contribution in [-0.4, -0.2) is 59.9 Å². The third kappa shape index (κ3) is 35.3. The van der Waals surface area contributed by atoms with E-state index in [1.807, 2.05) is 0 Å². The number of hydrogen-bond donors (Lipinski definition) is 3. The molecule has 0 heterocycles. The van der Waals surface area contributed by atoms with Crippen molar-refractivity contribution in [1.29, 1.82) is 0 Å². The molecule has 0 amide bonds. The minimum absolute atomic E-state index is 0.169. The predicted octanol–water partition coefficient (Wildman–Crippen LogP) is 10.3. The van der Waals surface area contributed by atoms with E-state index in [0.29, 0.717) is 12.8 Å². The Hall–Kier alpha value is -1.52. The highest BCUT2D eigenvalue weighted by Gasteiger charge is 2.28. The van der Waals surface area contributed by atoms with E-state index in [-0.39, 0.29) is 19.4 Å². The molecule has 0 rings (SSSR count). The van der Waals surface area contributed by atoms with Gasteiger partial charge >= 0.3 is 25.7 Å². The zero-order valence-corrected chi connectivity index (χ0v) is 33.4. The normalized spacial score (nSPS) is 13.8. The van der Waals surface area contributed by atoms with E-state index in [2.05, 4.69) is 18.4 Å². The molecule has 4 N–H and O–H groups in total. The Morgan fingerprint density at radius 2 is 0.863 bits per heavy atom. The van der Waals surface area contributed by atoms with Crippen LogP contribution in [-0.2, 0) is 37.5 Å². The molecule has 51 heavy (non-hydrogen) atoms. The molecule has 1 unspecified atom stereocenters. The van der Waals surface area contributed by atoms with Crippen LogP contribution in [0.1, 0.15) is 200 Å². The van der Waals surface area contributed by atoms with Crippen LogP contribution in [0.5, 0.6) is 0 Å². The molecule has 0 aromatic rings. The highest BCUT2D eigenvalue weighted by molar-refractivity contribution is 7.47. The van der Waals surface area contributed by atoms with Crippen molar-refractivity contribution < 1.29 is 47.5 Å². The molecule has 0 aliphatic heterocycles. The number of phosphoric acid groups is 1. The minimum Gasteiger partial charge on any atom is -0.480 e. The van der Waals surface area contributed by atoms with E-state index in [1.54, 1.807) is 0 Å². The van der Waals surface area contributed by atoms with E-state index in [9.17, 15) is 23.8 Å². The quantitative estimate of drug-likeness (QED) is 0.0310. The standard InChI is InChI=1S/C39H76NO10P/c1-3-5-7-9-11-13-15-17-19-21-23-25-27-29-31-38(42)50-35(33-48-51(45,46)49-34-36(40)39(43)44)32-47-37(41)30-28-26-24-22-20-18-16-14-12-10-8-6-4-2/h35-36H,3-34,40H2,1-2H3,(H,43,44)(H,45,46)/t35-,36+/m1/s1. The van der Waals surface area contributed by atoms with Gasteiger partial charge < -0.3 is 25.2 Å². The first kappa shape index (κ1) is 49.5. The summed E-state index contributed by atoms with van der Waals surface area (Å²) in [7, 11) is -4.70. The average molecular weight is 750 g/mol. The van der Waals surface area contributed by atoms with Crippen molar-refractivity contribution in [2.75, 3.05) is 19.8 Å². The average Bonchev–Trinajstić information content (AvgIpc) is 3.10. The van der Waals surface area contributed by atoms with Crippen LogP contribution in [0.4, 0.5) is 0 Å². The van der Waals surface area contributed by atoms with E-state index in [0.717, 1.165) is 38.5 Å². The lowest BCUT2D eigenvalue weighted by molar-refractivity contribution is -0.161. The Morgan fingerprint density at radius 1 is 0.529 bits per heavy atom. The first-order chi connectivity index (χ1) is 24.6. The molecule has 3 atom stereocenters. The number of unbranched alkanes of at least 4 members (excludes halogenated alkanes) is 25. The summed E-state index contributed by atoms with van der Waals surface area (Å²) in [6.07, 6.45) is 31.6. The molecule has 0 saturated heterocycles. The van der Waals surface area contributed by atoms with Gasteiger partial charge in [-0.25, -0.2) is 4.57 Å². The zero-order chi connectivity index (χ0) is 37.8. The molecule has 0 saturated carbocycles. The predicted molar refractivity (Wildman–Crippen MR) is 203 cm³/mol. The summed E-state index contributed by atoms with van der Waals surface area (Å²) < 4.78 is 32.6. The smallest absolute Gasteiger partial charge is 0.472 e. The Balaban J connectivity index is 4.37. The Kier molecular flexibility index (Phi) is 34.4. The van der Waals surface area contributed by atoms with E-state index in [1.165, 1.54) is 122 Å². The monoisotopic (exact) mass is 750 g/mol. The second-order valence-electron chi connectivity index (χ2n) is 14.1. The van der Waals surface area contributed by atoms with Gasteiger partial charge in [0.05, 0.1) is 13.2 Å². The molecular formula is C39H76NO10P. The summed E-state index contributed by atoms with van der Waals surface area (Å²) in [5.74, 6) is -2.36. The third-order valence-corrected chi connectivity index (χ3v) is 10.1. The highest BCUT2D eigenvalue weighted by atomic mass is 31.2. The molecule has 0 fully saturated rings.